The van der Waals surface area contributed by atoms with Crippen molar-refractivity contribution in [1.82, 2.24) is 9.97 Å². The van der Waals surface area contributed by atoms with Crippen molar-refractivity contribution in [2.75, 3.05) is 38.0 Å². The molecule has 23 heavy (non-hydrogen) atoms. The van der Waals surface area contributed by atoms with Crippen LogP contribution in [0.4, 0.5) is 11.5 Å². The van der Waals surface area contributed by atoms with Crippen LogP contribution in [0, 0.1) is 6.92 Å². The Hall–Kier alpha value is -2.67. The van der Waals surface area contributed by atoms with Gasteiger partial charge in [0, 0.05) is 19.7 Å². The molecule has 1 aromatic heterocycles. The molecule has 1 heterocycles. The first-order valence-electron chi connectivity index (χ1n) is 7.15. The molecule has 0 radical (unpaired) electrons. The van der Waals surface area contributed by atoms with Gasteiger partial charge in [0.1, 0.15) is 23.6 Å². The predicted octanol–water partition coefficient (Wildman–Crippen LogP) is 2.10. The second kappa shape index (κ2) is 8.09. The number of rotatable bonds is 7. The van der Waals surface area contributed by atoms with Crippen molar-refractivity contribution in [2.24, 2.45) is 0 Å². The van der Waals surface area contributed by atoms with Crippen LogP contribution < -0.4 is 15.4 Å². The monoisotopic (exact) mass is 316 g/mol. The van der Waals surface area contributed by atoms with Crippen LogP contribution in [0.15, 0.2) is 30.6 Å². The van der Waals surface area contributed by atoms with Crippen LogP contribution in [0.5, 0.6) is 5.75 Å². The number of hydrogen-bond acceptors (Lipinski definition) is 6. The SMILES string of the molecule is COCCNc1cc(C(=O)Nc2cc(C)ccc2OC)ncn1. The van der Waals surface area contributed by atoms with Crippen molar-refractivity contribution in [2.45, 2.75) is 6.92 Å². The third-order valence-electron chi connectivity index (χ3n) is 3.12. The molecule has 7 heteroatoms. The van der Waals surface area contributed by atoms with Crippen LogP contribution in [0.3, 0.4) is 0 Å². The van der Waals surface area contributed by atoms with Gasteiger partial charge in [0.05, 0.1) is 19.4 Å². The minimum atomic E-state index is -0.328. The molecule has 0 aliphatic heterocycles. The molecule has 2 rings (SSSR count). The molecule has 0 bridgehead atoms. The van der Waals surface area contributed by atoms with Gasteiger partial charge < -0.3 is 20.1 Å². The molecule has 2 aromatic rings. The molecule has 0 aliphatic carbocycles. The quantitative estimate of drug-likeness (QED) is 0.761. The van der Waals surface area contributed by atoms with E-state index in [1.165, 1.54) is 6.33 Å². The van der Waals surface area contributed by atoms with Crippen LogP contribution in [0.2, 0.25) is 0 Å². The van der Waals surface area contributed by atoms with Crippen molar-refractivity contribution in [3.8, 4) is 5.75 Å². The number of anilines is 2. The van der Waals surface area contributed by atoms with E-state index in [9.17, 15) is 4.79 Å². The number of methoxy groups -OCH3 is 2. The lowest BCUT2D eigenvalue weighted by atomic mass is 10.2. The molecule has 0 saturated heterocycles. The molecule has 0 unspecified atom stereocenters. The van der Waals surface area contributed by atoms with Gasteiger partial charge in [-0.05, 0) is 24.6 Å². The van der Waals surface area contributed by atoms with Crippen molar-refractivity contribution in [3.63, 3.8) is 0 Å². The lowest BCUT2D eigenvalue weighted by Crippen LogP contribution is -2.16. The summed E-state index contributed by atoms with van der Waals surface area (Å²) >= 11 is 0. The second-order valence-corrected chi connectivity index (χ2v) is 4.87. The molecule has 0 saturated carbocycles. The average molecular weight is 316 g/mol. The van der Waals surface area contributed by atoms with Crippen LogP contribution in [-0.2, 0) is 4.74 Å². The molecule has 0 aliphatic rings. The van der Waals surface area contributed by atoms with E-state index in [0.29, 0.717) is 30.4 Å². The molecule has 0 fully saturated rings. The second-order valence-electron chi connectivity index (χ2n) is 4.87. The van der Waals surface area contributed by atoms with E-state index in [-0.39, 0.29) is 11.6 Å². The molecule has 0 spiro atoms. The van der Waals surface area contributed by atoms with Gasteiger partial charge in [-0.1, -0.05) is 6.07 Å². The third-order valence-corrected chi connectivity index (χ3v) is 3.12. The summed E-state index contributed by atoms with van der Waals surface area (Å²) in [7, 11) is 3.18. The Morgan fingerprint density at radius 1 is 1.22 bits per heavy atom. The van der Waals surface area contributed by atoms with E-state index >= 15 is 0 Å². The molecular formula is C16H20N4O3. The first-order chi connectivity index (χ1) is 11.1. The van der Waals surface area contributed by atoms with Crippen LogP contribution in [0.1, 0.15) is 16.1 Å². The highest BCUT2D eigenvalue weighted by atomic mass is 16.5. The smallest absolute Gasteiger partial charge is 0.274 e. The zero-order valence-corrected chi connectivity index (χ0v) is 13.4. The van der Waals surface area contributed by atoms with Gasteiger partial charge >= 0.3 is 0 Å². The summed E-state index contributed by atoms with van der Waals surface area (Å²) in [4.78, 5) is 20.4. The standard InChI is InChI=1S/C16H20N4O3/c1-11-4-5-14(23-3)12(8-11)20-16(21)13-9-15(19-10-18-13)17-6-7-22-2/h4-5,8-10H,6-7H2,1-3H3,(H,20,21)(H,17,18,19). The fourth-order valence-corrected chi connectivity index (χ4v) is 1.97. The maximum absolute atomic E-state index is 12.4. The van der Waals surface area contributed by atoms with E-state index in [1.807, 2.05) is 25.1 Å². The highest BCUT2D eigenvalue weighted by Crippen LogP contribution is 2.25. The zero-order chi connectivity index (χ0) is 16.7. The molecule has 122 valence electrons. The summed E-state index contributed by atoms with van der Waals surface area (Å²) in [6, 6.07) is 7.16. The van der Waals surface area contributed by atoms with Gasteiger partial charge in [-0.2, -0.15) is 0 Å². The normalized spacial score (nSPS) is 10.2. The van der Waals surface area contributed by atoms with Gasteiger partial charge in [-0.25, -0.2) is 9.97 Å². The van der Waals surface area contributed by atoms with Crippen LogP contribution in [0.25, 0.3) is 0 Å². The highest BCUT2D eigenvalue weighted by molar-refractivity contribution is 6.04. The van der Waals surface area contributed by atoms with Gasteiger partial charge in [0.15, 0.2) is 0 Å². The summed E-state index contributed by atoms with van der Waals surface area (Å²) in [5.41, 5.74) is 1.89. The number of hydrogen-bond donors (Lipinski definition) is 2. The number of aromatic nitrogens is 2. The third kappa shape index (κ3) is 4.65. The number of amides is 1. The first-order valence-corrected chi connectivity index (χ1v) is 7.15. The summed E-state index contributed by atoms with van der Waals surface area (Å²) in [6.07, 6.45) is 1.34. The Morgan fingerprint density at radius 2 is 2.04 bits per heavy atom. The summed E-state index contributed by atoms with van der Waals surface area (Å²) in [6.45, 7) is 3.09. The van der Waals surface area contributed by atoms with E-state index < -0.39 is 0 Å². The van der Waals surface area contributed by atoms with E-state index in [4.69, 9.17) is 9.47 Å². The topological polar surface area (TPSA) is 85.4 Å². The number of nitrogens with zero attached hydrogens (tertiary/aromatic N) is 2. The fraction of sp³-hybridized carbons (Fsp3) is 0.312. The van der Waals surface area contributed by atoms with Gasteiger partial charge in [-0.15, -0.1) is 0 Å². The van der Waals surface area contributed by atoms with Crippen LogP contribution >= 0.6 is 0 Å². The Labute approximate surface area is 135 Å². The zero-order valence-electron chi connectivity index (χ0n) is 13.4. The van der Waals surface area contributed by atoms with Gasteiger partial charge in [0.2, 0.25) is 0 Å². The first kappa shape index (κ1) is 16.7. The van der Waals surface area contributed by atoms with Crippen molar-refractivity contribution in [1.29, 1.82) is 0 Å². The van der Waals surface area contributed by atoms with Gasteiger partial charge in [-0.3, -0.25) is 4.79 Å². The largest absolute Gasteiger partial charge is 0.495 e. The Kier molecular flexibility index (Phi) is 5.87. The molecular weight excluding hydrogens is 296 g/mol. The fourth-order valence-electron chi connectivity index (χ4n) is 1.97. The number of nitrogens with one attached hydrogen (secondary N) is 2. The van der Waals surface area contributed by atoms with Gasteiger partial charge in [0.25, 0.3) is 5.91 Å². The average Bonchev–Trinajstić information content (AvgIpc) is 2.55. The maximum atomic E-state index is 12.4. The van der Waals surface area contributed by atoms with E-state index in [1.54, 1.807) is 20.3 Å². The van der Waals surface area contributed by atoms with Crippen molar-refractivity contribution < 1.29 is 14.3 Å². The van der Waals surface area contributed by atoms with E-state index in [0.717, 1.165) is 5.56 Å². The summed E-state index contributed by atoms with van der Waals surface area (Å²) < 4.78 is 10.2. The molecule has 2 N–H and O–H groups in total. The molecule has 1 amide bonds. The molecule has 1 aromatic carbocycles. The number of aryl methyl sites for hydroxylation is 1. The predicted molar refractivity (Wildman–Crippen MR) is 88.1 cm³/mol. The molecule has 0 atom stereocenters. The number of benzene rings is 1. The number of ether oxygens (including phenoxy) is 2. The summed E-state index contributed by atoms with van der Waals surface area (Å²) in [5, 5.41) is 5.86. The minimum absolute atomic E-state index is 0.267. The number of carbonyl (C=O) groups is 1. The Morgan fingerprint density at radius 3 is 2.78 bits per heavy atom. The number of carbonyl (C=O) groups excluding carboxylic acids is 1. The van der Waals surface area contributed by atoms with Crippen molar-refractivity contribution >= 4 is 17.4 Å². The van der Waals surface area contributed by atoms with Crippen molar-refractivity contribution in [3.05, 3.63) is 41.9 Å². The lowest BCUT2D eigenvalue weighted by molar-refractivity contribution is 0.102. The minimum Gasteiger partial charge on any atom is -0.495 e. The van der Waals surface area contributed by atoms with E-state index in [2.05, 4.69) is 20.6 Å². The van der Waals surface area contributed by atoms with Crippen LogP contribution in [-0.4, -0.2) is 43.2 Å². The Bertz CT molecular complexity index is 676. The highest BCUT2D eigenvalue weighted by Gasteiger charge is 2.12. The maximum Gasteiger partial charge on any atom is 0.274 e. The molecule has 7 nitrogen and oxygen atoms in total. The lowest BCUT2D eigenvalue weighted by Gasteiger charge is -2.11. The summed E-state index contributed by atoms with van der Waals surface area (Å²) in [5.74, 6) is 0.834. The Balaban J connectivity index is 2.11.